The number of aliphatic imine (C=N–C) groups is 1. The third-order valence-electron chi connectivity index (χ3n) is 4.52. The van der Waals surface area contributed by atoms with Gasteiger partial charge in [0.25, 0.3) is 0 Å². The SMILES string of the molecule is CSc1ccc(C=Nc2ccc(S(=O)(=O)N3CCCCCC3)cc2)cc1. The number of hydrogen-bond acceptors (Lipinski definition) is 4. The molecular weight excluding hydrogens is 364 g/mol. The Balaban J connectivity index is 1.71. The fraction of sp³-hybridized carbons (Fsp3) is 0.350. The summed E-state index contributed by atoms with van der Waals surface area (Å²) in [4.78, 5) is 6.01. The van der Waals surface area contributed by atoms with Crippen LogP contribution in [0.5, 0.6) is 0 Å². The van der Waals surface area contributed by atoms with E-state index in [0.717, 1.165) is 36.9 Å². The van der Waals surface area contributed by atoms with Crippen LogP contribution >= 0.6 is 11.8 Å². The van der Waals surface area contributed by atoms with Gasteiger partial charge in [0.15, 0.2) is 0 Å². The Labute approximate surface area is 160 Å². The van der Waals surface area contributed by atoms with Gasteiger partial charge in [-0.1, -0.05) is 25.0 Å². The maximum atomic E-state index is 12.8. The van der Waals surface area contributed by atoms with E-state index in [1.807, 2.05) is 18.4 Å². The normalized spacial score (nSPS) is 16.7. The van der Waals surface area contributed by atoms with Crippen molar-refractivity contribution in [1.82, 2.24) is 4.31 Å². The van der Waals surface area contributed by atoms with Gasteiger partial charge < -0.3 is 0 Å². The van der Waals surface area contributed by atoms with Crippen LogP contribution in [-0.4, -0.2) is 38.3 Å². The number of nitrogens with zero attached hydrogens (tertiary/aromatic N) is 2. The van der Waals surface area contributed by atoms with Crippen molar-refractivity contribution < 1.29 is 8.42 Å². The molecule has 2 aromatic rings. The fourth-order valence-electron chi connectivity index (χ4n) is 2.97. The van der Waals surface area contributed by atoms with Gasteiger partial charge in [0.2, 0.25) is 10.0 Å². The maximum Gasteiger partial charge on any atom is 0.243 e. The zero-order valence-corrected chi connectivity index (χ0v) is 16.6. The molecule has 2 aromatic carbocycles. The van der Waals surface area contributed by atoms with Gasteiger partial charge in [-0.05, 0) is 61.1 Å². The number of hydrogen-bond donors (Lipinski definition) is 0. The van der Waals surface area contributed by atoms with Crippen molar-refractivity contribution in [1.29, 1.82) is 0 Å². The van der Waals surface area contributed by atoms with Crippen LogP contribution in [0.4, 0.5) is 5.69 Å². The number of sulfonamides is 1. The van der Waals surface area contributed by atoms with Crippen molar-refractivity contribution in [3.05, 3.63) is 54.1 Å². The Morgan fingerprint density at radius 3 is 2.12 bits per heavy atom. The largest absolute Gasteiger partial charge is 0.256 e. The molecule has 1 saturated heterocycles. The minimum atomic E-state index is -3.40. The second-order valence-electron chi connectivity index (χ2n) is 6.34. The van der Waals surface area contributed by atoms with E-state index < -0.39 is 10.0 Å². The molecule has 1 aliphatic rings. The van der Waals surface area contributed by atoms with E-state index in [4.69, 9.17) is 0 Å². The number of rotatable bonds is 5. The summed E-state index contributed by atoms with van der Waals surface area (Å²) < 4.78 is 27.2. The lowest BCUT2D eigenvalue weighted by Crippen LogP contribution is -2.31. The topological polar surface area (TPSA) is 49.7 Å². The van der Waals surface area contributed by atoms with Crippen LogP contribution in [0.25, 0.3) is 0 Å². The highest BCUT2D eigenvalue weighted by atomic mass is 32.2. The van der Waals surface area contributed by atoms with Gasteiger partial charge in [0.1, 0.15) is 0 Å². The van der Waals surface area contributed by atoms with Crippen LogP contribution in [0.3, 0.4) is 0 Å². The van der Waals surface area contributed by atoms with Gasteiger partial charge >= 0.3 is 0 Å². The Kier molecular flexibility index (Phi) is 6.51. The van der Waals surface area contributed by atoms with Crippen LogP contribution in [0.2, 0.25) is 0 Å². The lowest BCUT2D eigenvalue weighted by Gasteiger charge is -2.19. The summed E-state index contributed by atoms with van der Waals surface area (Å²) in [6.45, 7) is 1.24. The smallest absolute Gasteiger partial charge is 0.243 e. The molecule has 0 aromatic heterocycles. The van der Waals surface area contributed by atoms with Crippen LogP contribution in [-0.2, 0) is 10.0 Å². The molecule has 6 heteroatoms. The first-order chi connectivity index (χ1) is 12.6. The van der Waals surface area contributed by atoms with Gasteiger partial charge in [-0.2, -0.15) is 4.31 Å². The zero-order chi connectivity index (χ0) is 18.4. The highest BCUT2D eigenvalue weighted by molar-refractivity contribution is 7.98. The first-order valence-corrected chi connectivity index (χ1v) is 11.5. The van der Waals surface area contributed by atoms with Crippen LogP contribution in [0.1, 0.15) is 31.2 Å². The van der Waals surface area contributed by atoms with E-state index in [1.165, 1.54) is 4.90 Å². The van der Waals surface area contributed by atoms with Gasteiger partial charge in [0, 0.05) is 24.2 Å². The van der Waals surface area contributed by atoms with E-state index in [-0.39, 0.29) is 0 Å². The summed E-state index contributed by atoms with van der Waals surface area (Å²) in [5, 5.41) is 0. The first kappa shape index (κ1) is 19.1. The van der Waals surface area contributed by atoms with Gasteiger partial charge in [-0.3, -0.25) is 4.99 Å². The highest BCUT2D eigenvalue weighted by Crippen LogP contribution is 2.23. The third-order valence-corrected chi connectivity index (χ3v) is 7.17. The van der Waals surface area contributed by atoms with Gasteiger partial charge in [0.05, 0.1) is 10.6 Å². The van der Waals surface area contributed by atoms with Crippen molar-refractivity contribution in [3.8, 4) is 0 Å². The van der Waals surface area contributed by atoms with E-state index >= 15 is 0 Å². The van der Waals surface area contributed by atoms with Crippen molar-refractivity contribution >= 4 is 33.7 Å². The third kappa shape index (κ3) is 4.75. The predicted molar refractivity (Wildman–Crippen MR) is 109 cm³/mol. The lowest BCUT2D eigenvalue weighted by atomic mass is 10.2. The summed E-state index contributed by atoms with van der Waals surface area (Å²) in [5.74, 6) is 0. The quantitative estimate of drug-likeness (QED) is 0.550. The van der Waals surface area contributed by atoms with Gasteiger partial charge in [-0.25, -0.2) is 8.42 Å². The second kappa shape index (κ2) is 8.84. The standard InChI is InChI=1S/C20H24N2O2S2/c1-25-19-10-6-17(7-11-19)16-21-18-8-12-20(13-9-18)26(23,24)22-14-4-2-3-5-15-22/h6-13,16H,2-5,14-15H2,1H3. The fourth-order valence-corrected chi connectivity index (χ4v) is 4.90. The zero-order valence-electron chi connectivity index (χ0n) is 15.0. The molecule has 0 amide bonds. The Bertz CT molecular complexity index is 836. The van der Waals surface area contributed by atoms with Crippen LogP contribution in [0.15, 0.2) is 63.3 Å². The molecule has 0 bridgehead atoms. The molecule has 4 nitrogen and oxygen atoms in total. The van der Waals surface area contributed by atoms with Crippen molar-refractivity contribution in [2.24, 2.45) is 4.99 Å². The molecule has 0 unspecified atom stereocenters. The number of benzene rings is 2. The molecular formula is C20H24N2O2S2. The minimum Gasteiger partial charge on any atom is -0.256 e. The molecule has 1 heterocycles. The molecule has 0 spiro atoms. The molecule has 0 saturated carbocycles. The Hall–Kier alpha value is -1.63. The molecule has 3 rings (SSSR count). The lowest BCUT2D eigenvalue weighted by molar-refractivity contribution is 0.424. The molecule has 138 valence electrons. The summed E-state index contributed by atoms with van der Waals surface area (Å²) in [6.07, 6.45) is 7.94. The first-order valence-electron chi connectivity index (χ1n) is 8.88. The molecule has 0 radical (unpaired) electrons. The van der Waals surface area contributed by atoms with E-state index in [9.17, 15) is 8.42 Å². The molecule has 26 heavy (non-hydrogen) atoms. The van der Waals surface area contributed by atoms with E-state index in [2.05, 4.69) is 17.1 Å². The summed E-state index contributed by atoms with van der Waals surface area (Å²) in [7, 11) is -3.40. The molecule has 0 atom stereocenters. The summed E-state index contributed by atoms with van der Waals surface area (Å²) in [6, 6.07) is 15.0. The highest BCUT2D eigenvalue weighted by Gasteiger charge is 2.24. The van der Waals surface area contributed by atoms with Crippen molar-refractivity contribution in [2.75, 3.05) is 19.3 Å². The van der Waals surface area contributed by atoms with Crippen LogP contribution < -0.4 is 0 Å². The second-order valence-corrected chi connectivity index (χ2v) is 9.16. The Morgan fingerprint density at radius 1 is 0.923 bits per heavy atom. The summed E-state index contributed by atoms with van der Waals surface area (Å²) in [5.41, 5.74) is 1.76. The minimum absolute atomic E-state index is 0.350. The van der Waals surface area contributed by atoms with Crippen molar-refractivity contribution in [2.45, 2.75) is 35.5 Å². The monoisotopic (exact) mass is 388 g/mol. The molecule has 0 aliphatic carbocycles. The maximum absolute atomic E-state index is 12.8. The van der Waals surface area contributed by atoms with E-state index in [0.29, 0.717) is 18.0 Å². The average molecular weight is 389 g/mol. The molecule has 1 aliphatic heterocycles. The molecule has 0 N–H and O–H groups in total. The van der Waals surface area contributed by atoms with Crippen molar-refractivity contribution in [3.63, 3.8) is 0 Å². The van der Waals surface area contributed by atoms with E-state index in [1.54, 1.807) is 46.5 Å². The average Bonchev–Trinajstić information content (AvgIpc) is 2.97. The Morgan fingerprint density at radius 2 is 1.54 bits per heavy atom. The predicted octanol–water partition coefficient (Wildman–Crippen LogP) is 4.72. The van der Waals surface area contributed by atoms with Gasteiger partial charge in [-0.15, -0.1) is 11.8 Å². The molecule has 1 fully saturated rings. The summed E-state index contributed by atoms with van der Waals surface area (Å²) >= 11 is 1.70. The number of thioether (sulfide) groups is 1. The van der Waals surface area contributed by atoms with Crippen LogP contribution in [0, 0.1) is 0 Å².